The van der Waals surface area contributed by atoms with Gasteiger partial charge in [0.2, 0.25) is 0 Å². The van der Waals surface area contributed by atoms with Crippen LogP contribution >= 0.6 is 11.6 Å². The van der Waals surface area contributed by atoms with Gasteiger partial charge in [-0.2, -0.15) is 5.10 Å². The lowest BCUT2D eigenvalue weighted by Gasteiger charge is -2.21. The van der Waals surface area contributed by atoms with Crippen LogP contribution in [0.15, 0.2) is 71.8 Å². The summed E-state index contributed by atoms with van der Waals surface area (Å²) in [5, 5.41) is 4.67. The molecular formula is C25H23ClN4O2. The zero-order valence-electron chi connectivity index (χ0n) is 18.0. The van der Waals surface area contributed by atoms with Crippen LogP contribution < -0.4 is 10.2 Å². The number of carbonyl (C=O) groups excluding carboxylic acids is 1. The quantitative estimate of drug-likeness (QED) is 0.299. The number of hydrogen-bond acceptors (Lipinski definition) is 4. The van der Waals surface area contributed by atoms with Gasteiger partial charge in [-0.15, -0.1) is 0 Å². The van der Waals surface area contributed by atoms with Crippen LogP contribution in [0.4, 0.5) is 0 Å². The second kappa shape index (κ2) is 8.85. The number of imidazole rings is 1. The van der Waals surface area contributed by atoms with Crippen molar-refractivity contribution >= 4 is 34.8 Å². The third kappa shape index (κ3) is 5.15. The van der Waals surface area contributed by atoms with Crippen molar-refractivity contribution in [3.8, 4) is 17.1 Å². The Hall–Kier alpha value is -3.64. The first-order valence-electron chi connectivity index (χ1n) is 10.2. The summed E-state index contributed by atoms with van der Waals surface area (Å²) in [5.74, 6) is 1.12. The van der Waals surface area contributed by atoms with Gasteiger partial charge in [0, 0.05) is 11.1 Å². The Labute approximate surface area is 191 Å². The first-order chi connectivity index (χ1) is 15.3. The number of aromatic amines is 1. The molecule has 0 aliphatic carbocycles. The number of nitrogens with zero attached hydrogens (tertiary/aromatic N) is 2. The fraction of sp³-hybridized carbons (Fsp3) is 0.160. The number of aromatic nitrogens is 2. The van der Waals surface area contributed by atoms with E-state index in [1.807, 2.05) is 69.3 Å². The van der Waals surface area contributed by atoms with E-state index in [0.29, 0.717) is 16.4 Å². The summed E-state index contributed by atoms with van der Waals surface area (Å²) in [6.07, 6.45) is 1.59. The van der Waals surface area contributed by atoms with E-state index in [4.69, 9.17) is 16.3 Å². The molecule has 0 saturated carbocycles. The SMILES string of the molecule is CC(C)(C)Oc1ccc(/C=N/NC(=O)c2ccc3nc(-c4ccccc4Cl)[nH]c3c2)cc1. The fourth-order valence-corrected chi connectivity index (χ4v) is 3.36. The minimum absolute atomic E-state index is 0.256. The van der Waals surface area contributed by atoms with Crippen molar-refractivity contribution in [3.63, 3.8) is 0 Å². The zero-order chi connectivity index (χ0) is 22.7. The van der Waals surface area contributed by atoms with E-state index in [1.165, 1.54) is 0 Å². The lowest BCUT2D eigenvalue weighted by Crippen LogP contribution is -2.22. The van der Waals surface area contributed by atoms with E-state index in [2.05, 4.69) is 20.5 Å². The van der Waals surface area contributed by atoms with Crippen LogP contribution in [0.2, 0.25) is 5.02 Å². The second-order valence-corrected chi connectivity index (χ2v) is 8.69. The fourth-order valence-electron chi connectivity index (χ4n) is 3.14. The highest BCUT2D eigenvalue weighted by Crippen LogP contribution is 2.27. The van der Waals surface area contributed by atoms with E-state index >= 15 is 0 Å². The van der Waals surface area contributed by atoms with Crippen molar-refractivity contribution in [2.75, 3.05) is 0 Å². The second-order valence-electron chi connectivity index (χ2n) is 8.28. The smallest absolute Gasteiger partial charge is 0.271 e. The molecule has 7 heteroatoms. The Morgan fingerprint density at radius 2 is 1.84 bits per heavy atom. The van der Waals surface area contributed by atoms with Gasteiger partial charge in [0.05, 0.1) is 22.3 Å². The van der Waals surface area contributed by atoms with Gasteiger partial charge in [-0.3, -0.25) is 4.79 Å². The van der Waals surface area contributed by atoms with Crippen molar-refractivity contribution in [2.45, 2.75) is 26.4 Å². The Morgan fingerprint density at radius 3 is 2.56 bits per heavy atom. The Morgan fingerprint density at radius 1 is 1.09 bits per heavy atom. The molecule has 1 amide bonds. The van der Waals surface area contributed by atoms with Crippen molar-refractivity contribution in [2.24, 2.45) is 5.10 Å². The summed E-state index contributed by atoms with van der Waals surface area (Å²) in [7, 11) is 0. The Bertz CT molecular complexity index is 1290. The van der Waals surface area contributed by atoms with Crippen LogP contribution in [-0.2, 0) is 0 Å². The topological polar surface area (TPSA) is 79.4 Å². The molecule has 4 rings (SSSR count). The molecule has 0 fully saturated rings. The van der Waals surface area contributed by atoms with Gasteiger partial charge in [0.25, 0.3) is 5.91 Å². The molecule has 0 aliphatic rings. The maximum atomic E-state index is 12.5. The molecule has 0 atom stereocenters. The van der Waals surface area contributed by atoms with Gasteiger partial charge >= 0.3 is 0 Å². The molecule has 0 saturated heterocycles. The van der Waals surface area contributed by atoms with E-state index in [9.17, 15) is 4.79 Å². The van der Waals surface area contributed by atoms with E-state index < -0.39 is 0 Å². The van der Waals surface area contributed by atoms with Crippen molar-refractivity contribution in [1.29, 1.82) is 0 Å². The molecule has 4 aromatic rings. The largest absolute Gasteiger partial charge is 0.488 e. The Kier molecular flexibility index (Phi) is 5.97. The van der Waals surface area contributed by atoms with Crippen molar-refractivity contribution in [3.05, 3.63) is 82.9 Å². The molecule has 162 valence electrons. The van der Waals surface area contributed by atoms with E-state index in [0.717, 1.165) is 27.9 Å². The highest BCUT2D eigenvalue weighted by molar-refractivity contribution is 6.33. The lowest BCUT2D eigenvalue weighted by molar-refractivity contribution is 0.0955. The third-order valence-electron chi connectivity index (χ3n) is 4.56. The molecule has 0 radical (unpaired) electrons. The molecule has 3 aromatic carbocycles. The van der Waals surface area contributed by atoms with E-state index in [1.54, 1.807) is 24.4 Å². The van der Waals surface area contributed by atoms with Crippen LogP contribution in [0.25, 0.3) is 22.4 Å². The summed E-state index contributed by atoms with van der Waals surface area (Å²) >= 11 is 6.27. The van der Waals surface area contributed by atoms with Crippen molar-refractivity contribution < 1.29 is 9.53 Å². The minimum Gasteiger partial charge on any atom is -0.488 e. The molecular weight excluding hydrogens is 424 g/mol. The number of hydrazone groups is 1. The van der Waals surface area contributed by atoms with Gasteiger partial charge in [-0.1, -0.05) is 23.7 Å². The van der Waals surface area contributed by atoms with Gasteiger partial charge in [0.1, 0.15) is 17.2 Å². The number of ether oxygens (including phenoxy) is 1. The predicted molar refractivity (Wildman–Crippen MR) is 128 cm³/mol. The first-order valence-corrected chi connectivity index (χ1v) is 10.5. The van der Waals surface area contributed by atoms with Gasteiger partial charge in [0.15, 0.2) is 0 Å². The summed E-state index contributed by atoms with van der Waals surface area (Å²) in [5.41, 5.74) is 5.91. The molecule has 0 aliphatic heterocycles. The predicted octanol–water partition coefficient (Wildman–Crippen LogP) is 5.82. The molecule has 32 heavy (non-hydrogen) atoms. The van der Waals surface area contributed by atoms with Crippen LogP contribution in [-0.4, -0.2) is 27.7 Å². The number of benzene rings is 3. The molecule has 1 heterocycles. The zero-order valence-corrected chi connectivity index (χ0v) is 18.8. The van der Waals surface area contributed by atoms with Crippen LogP contribution in [0.3, 0.4) is 0 Å². The lowest BCUT2D eigenvalue weighted by atomic mass is 10.2. The highest BCUT2D eigenvalue weighted by atomic mass is 35.5. The summed E-state index contributed by atoms with van der Waals surface area (Å²) < 4.78 is 5.80. The van der Waals surface area contributed by atoms with Crippen molar-refractivity contribution in [1.82, 2.24) is 15.4 Å². The maximum absolute atomic E-state index is 12.5. The number of carbonyl (C=O) groups is 1. The number of hydrogen-bond donors (Lipinski definition) is 2. The average molecular weight is 447 g/mol. The molecule has 1 aromatic heterocycles. The Balaban J connectivity index is 1.44. The summed E-state index contributed by atoms with van der Waals surface area (Å²) in [6, 6.07) is 20.2. The average Bonchev–Trinajstić information content (AvgIpc) is 3.17. The van der Waals surface area contributed by atoms with Gasteiger partial charge < -0.3 is 9.72 Å². The molecule has 0 bridgehead atoms. The molecule has 6 nitrogen and oxygen atoms in total. The van der Waals surface area contributed by atoms with Crippen LogP contribution in [0.1, 0.15) is 36.7 Å². The molecule has 0 unspecified atom stereocenters. The summed E-state index contributed by atoms with van der Waals surface area (Å²) in [4.78, 5) is 20.3. The number of halogens is 1. The number of nitrogens with one attached hydrogen (secondary N) is 2. The number of H-pyrrole nitrogens is 1. The normalized spacial score (nSPS) is 11.8. The van der Waals surface area contributed by atoms with E-state index in [-0.39, 0.29) is 11.5 Å². The number of amides is 1. The molecule has 0 spiro atoms. The van der Waals surface area contributed by atoms with Crippen LogP contribution in [0.5, 0.6) is 5.75 Å². The maximum Gasteiger partial charge on any atom is 0.271 e. The highest BCUT2D eigenvalue weighted by Gasteiger charge is 2.12. The summed E-state index contributed by atoms with van der Waals surface area (Å²) in [6.45, 7) is 5.99. The monoisotopic (exact) mass is 446 g/mol. The van der Waals surface area contributed by atoms with Gasteiger partial charge in [-0.25, -0.2) is 10.4 Å². The molecule has 2 N–H and O–H groups in total. The van der Waals surface area contributed by atoms with Crippen LogP contribution in [0, 0.1) is 0 Å². The number of fused-ring (bicyclic) bond motifs is 1. The standard InChI is InChI=1S/C25H23ClN4O2/c1-25(2,3)32-18-11-8-16(9-12-18)15-27-30-24(31)17-10-13-21-22(14-17)29-23(28-21)19-6-4-5-7-20(19)26/h4-15H,1-3H3,(H,28,29)(H,30,31)/b27-15+. The number of rotatable bonds is 5. The van der Waals surface area contributed by atoms with Gasteiger partial charge in [-0.05, 0) is 80.9 Å². The third-order valence-corrected chi connectivity index (χ3v) is 4.89. The minimum atomic E-state index is -0.315. The first kappa shape index (κ1) is 21.6.